The van der Waals surface area contributed by atoms with E-state index in [-0.39, 0.29) is 11.5 Å². The van der Waals surface area contributed by atoms with E-state index in [1.807, 2.05) is 0 Å². The summed E-state index contributed by atoms with van der Waals surface area (Å²) in [5.74, 6) is -0.955. The van der Waals surface area contributed by atoms with Crippen LogP contribution in [0.15, 0.2) is 30.3 Å². The number of carbonyl (C=O) groups is 1. The molecule has 1 aliphatic carbocycles. The molecule has 2 N–H and O–H groups in total. The topological polar surface area (TPSA) is 70.4 Å². The molecule has 0 saturated heterocycles. The fourth-order valence-electron chi connectivity index (χ4n) is 3.63. The number of hydrogen-bond acceptors (Lipinski definition) is 2. The van der Waals surface area contributed by atoms with Gasteiger partial charge in [-0.25, -0.2) is 18.7 Å². The quantitative estimate of drug-likeness (QED) is 0.757. The minimum Gasteiger partial charge on any atom is -0.477 e. The van der Waals surface area contributed by atoms with Crippen LogP contribution in [0.1, 0.15) is 54.2 Å². The number of fused-ring (bicyclic) bond motifs is 1. The maximum absolute atomic E-state index is 13.2. The highest BCUT2D eigenvalue weighted by molar-refractivity contribution is 5.87. The lowest BCUT2D eigenvalue weighted by Crippen LogP contribution is -2.10. The molecule has 2 heterocycles. The third-order valence-electron chi connectivity index (χ3n) is 4.78. The number of benzene rings is 1. The van der Waals surface area contributed by atoms with Crippen molar-refractivity contribution in [2.75, 3.05) is 0 Å². The molecular formula is C18H18FN3O2. The normalized spacial score (nSPS) is 15.9. The van der Waals surface area contributed by atoms with E-state index in [0.29, 0.717) is 11.6 Å². The standard InChI is InChI=1S/C18H18FN3O2/c19-13-8-6-11(7-9-13)16-17(12-4-2-1-3-5-12)22-15(20-16)10-14(21-22)18(23)24/h6-10,12,21H,1-5H2,(H,23,24). The van der Waals surface area contributed by atoms with Gasteiger partial charge in [-0.05, 0) is 37.1 Å². The number of hydrogen-bond donors (Lipinski definition) is 2. The molecule has 3 aromatic rings. The van der Waals surface area contributed by atoms with Crippen LogP contribution in [0.3, 0.4) is 0 Å². The van der Waals surface area contributed by atoms with Crippen LogP contribution in [0.25, 0.3) is 16.9 Å². The van der Waals surface area contributed by atoms with Crippen LogP contribution < -0.4 is 0 Å². The first-order chi connectivity index (χ1) is 11.6. The minimum atomic E-state index is -1.00. The predicted molar refractivity (Wildman–Crippen MR) is 87.7 cm³/mol. The Morgan fingerprint density at radius 3 is 2.58 bits per heavy atom. The summed E-state index contributed by atoms with van der Waals surface area (Å²) >= 11 is 0. The summed E-state index contributed by atoms with van der Waals surface area (Å²) < 4.78 is 15.0. The molecule has 1 fully saturated rings. The van der Waals surface area contributed by atoms with Gasteiger partial charge in [-0.3, -0.25) is 5.10 Å². The fraction of sp³-hybridized carbons (Fsp3) is 0.333. The number of aromatic amines is 1. The number of aromatic nitrogens is 3. The summed E-state index contributed by atoms with van der Waals surface area (Å²) in [6.45, 7) is 0. The molecule has 1 saturated carbocycles. The number of halogens is 1. The summed E-state index contributed by atoms with van der Waals surface area (Å²) in [5.41, 5.74) is 3.38. The molecule has 0 bridgehead atoms. The van der Waals surface area contributed by atoms with Crippen LogP contribution in [0.5, 0.6) is 0 Å². The van der Waals surface area contributed by atoms with Crippen LogP contribution in [0, 0.1) is 5.82 Å². The third kappa shape index (κ3) is 2.48. The van der Waals surface area contributed by atoms with E-state index in [9.17, 15) is 14.3 Å². The Morgan fingerprint density at radius 1 is 1.21 bits per heavy atom. The molecule has 0 radical (unpaired) electrons. The predicted octanol–water partition coefficient (Wildman–Crippen LogP) is 4.21. The monoisotopic (exact) mass is 327 g/mol. The summed E-state index contributed by atoms with van der Waals surface area (Å²) in [6.07, 6.45) is 5.67. The fourth-order valence-corrected chi connectivity index (χ4v) is 3.63. The van der Waals surface area contributed by atoms with Crippen molar-refractivity contribution in [2.45, 2.75) is 38.0 Å². The molecular weight excluding hydrogens is 309 g/mol. The number of imidazole rings is 1. The van der Waals surface area contributed by atoms with Gasteiger partial charge in [0.1, 0.15) is 11.5 Å². The zero-order valence-electron chi connectivity index (χ0n) is 13.1. The molecule has 2 aromatic heterocycles. The average Bonchev–Trinajstić information content (AvgIpc) is 3.14. The molecule has 4 rings (SSSR count). The summed E-state index contributed by atoms with van der Waals surface area (Å²) in [6, 6.07) is 7.84. The van der Waals surface area contributed by atoms with E-state index in [0.717, 1.165) is 42.6 Å². The molecule has 0 amide bonds. The Balaban J connectivity index is 1.89. The summed E-state index contributed by atoms with van der Waals surface area (Å²) in [7, 11) is 0. The molecule has 124 valence electrons. The first kappa shape index (κ1) is 14.9. The Morgan fingerprint density at radius 2 is 1.92 bits per heavy atom. The van der Waals surface area contributed by atoms with Crippen molar-refractivity contribution < 1.29 is 14.3 Å². The van der Waals surface area contributed by atoms with Crippen LogP contribution in [0.2, 0.25) is 0 Å². The molecule has 6 heteroatoms. The molecule has 24 heavy (non-hydrogen) atoms. The van der Waals surface area contributed by atoms with Gasteiger partial charge in [-0.15, -0.1) is 0 Å². The van der Waals surface area contributed by atoms with E-state index >= 15 is 0 Å². The van der Waals surface area contributed by atoms with Crippen molar-refractivity contribution in [3.05, 3.63) is 47.5 Å². The van der Waals surface area contributed by atoms with E-state index < -0.39 is 5.97 Å². The Bertz CT molecular complexity index is 889. The smallest absolute Gasteiger partial charge is 0.353 e. The first-order valence-corrected chi connectivity index (χ1v) is 8.24. The lowest BCUT2D eigenvalue weighted by Gasteiger charge is -2.22. The maximum atomic E-state index is 13.2. The maximum Gasteiger partial charge on any atom is 0.353 e. The Labute approximate surface area is 138 Å². The van der Waals surface area contributed by atoms with Gasteiger partial charge in [0.2, 0.25) is 0 Å². The van der Waals surface area contributed by atoms with Gasteiger partial charge >= 0.3 is 5.97 Å². The van der Waals surface area contributed by atoms with Crippen molar-refractivity contribution in [1.82, 2.24) is 14.6 Å². The number of nitrogens with zero attached hydrogens (tertiary/aromatic N) is 2. The molecule has 0 aliphatic heterocycles. The lowest BCUT2D eigenvalue weighted by atomic mass is 9.85. The van der Waals surface area contributed by atoms with Gasteiger partial charge in [-0.1, -0.05) is 19.3 Å². The van der Waals surface area contributed by atoms with Crippen molar-refractivity contribution in [3.63, 3.8) is 0 Å². The number of nitrogens with one attached hydrogen (secondary N) is 1. The van der Waals surface area contributed by atoms with Crippen molar-refractivity contribution >= 4 is 11.6 Å². The largest absolute Gasteiger partial charge is 0.477 e. The van der Waals surface area contributed by atoms with Crippen LogP contribution in [0.4, 0.5) is 4.39 Å². The molecule has 1 aliphatic rings. The first-order valence-electron chi connectivity index (χ1n) is 8.24. The molecule has 0 unspecified atom stereocenters. The minimum absolute atomic E-state index is 0.125. The van der Waals surface area contributed by atoms with Crippen molar-refractivity contribution in [3.8, 4) is 11.3 Å². The van der Waals surface area contributed by atoms with Crippen LogP contribution >= 0.6 is 0 Å². The number of carboxylic acid groups (broad SMARTS) is 1. The van der Waals surface area contributed by atoms with Crippen molar-refractivity contribution in [2.24, 2.45) is 0 Å². The van der Waals surface area contributed by atoms with E-state index in [1.54, 1.807) is 22.7 Å². The summed E-state index contributed by atoms with van der Waals surface area (Å²) in [4.78, 5) is 15.9. The second kappa shape index (κ2) is 5.78. The van der Waals surface area contributed by atoms with E-state index in [1.165, 1.54) is 18.6 Å². The molecule has 5 nitrogen and oxygen atoms in total. The number of carboxylic acids is 1. The van der Waals surface area contributed by atoms with Gasteiger partial charge < -0.3 is 5.11 Å². The number of aromatic carboxylic acids is 1. The van der Waals surface area contributed by atoms with Crippen LogP contribution in [-0.4, -0.2) is 25.7 Å². The van der Waals surface area contributed by atoms with Crippen molar-refractivity contribution in [1.29, 1.82) is 0 Å². The highest BCUT2D eigenvalue weighted by Gasteiger charge is 2.26. The van der Waals surface area contributed by atoms with E-state index in [4.69, 9.17) is 0 Å². The van der Waals surface area contributed by atoms with Gasteiger partial charge in [0.05, 0.1) is 11.4 Å². The highest BCUT2D eigenvalue weighted by atomic mass is 19.1. The summed E-state index contributed by atoms with van der Waals surface area (Å²) in [5, 5.41) is 12.2. The van der Waals surface area contributed by atoms with E-state index in [2.05, 4.69) is 10.1 Å². The number of H-pyrrole nitrogens is 1. The van der Waals surface area contributed by atoms with Gasteiger partial charge in [0.15, 0.2) is 5.65 Å². The SMILES string of the molecule is O=C(O)c1cc2nc(-c3ccc(F)cc3)c(C3CCCCC3)n2[nH]1. The number of rotatable bonds is 3. The second-order valence-electron chi connectivity index (χ2n) is 6.36. The van der Waals surface area contributed by atoms with Gasteiger partial charge in [0.25, 0.3) is 0 Å². The second-order valence-corrected chi connectivity index (χ2v) is 6.36. The Kier molecular flexibility index (Phi) is 3.59. The zero-order valence-corrected chi connectivity index (χ0v) is 13.1. The highest BCUT2D eigenvalue weighted by Crippen LogP contribution is 2.38. The lowest BCUT2D eigenvalue weighted by molar-refractivity contribution is 0.0690. The Hall–Kier alpha value is -2.63. The van der Waals surface area contributed by atoms with Gasteiger partial charge in [-0.2, -0.15) is 0 Å². The van der Waals surface area contributed by atoms with Gasteiger partial charge in [0, 0.05) is 17.5 Å². The molecule has 0 spiro atoms. The zero-order chi connectivity index (χ0) is 16.7. The third-order valence-corrected chi connectivity index (χ3v) is 4.78. The molecule has 0 atom stereocenters. The average molecular weight is 327 g/mol. The van der Waals surface area contributed by atoms with Crippen LogP contribution in [-0.2, 0) is 0 Å². The molecule has 1 aromatic carbocycles.